The van der Waals surface area contributed by atoms with Crippen molar-refractivity contribution in [3.05, 3.63) is 46.7 Å². The van der Waals surface area contributed by atoms with Gasteiger partial charge in [0.15, 0.2) is 0 Å². The summed E-state index contributed by atoms with van der Waals surface area (Å²) < 4.78 is 0. The molecule has 1 saturated carbocycles. The number of hydrogen-bond donors (Lipinski definition) is 2. The van der Waals surface area contributed by atoms with E-state index in [1.54, 1.807) is 0 Å². The zero-order valence-corrected chi connectivity index (χ0v) is 12.9. The van der Waals surface area contributed by atoms with Crippen LogP contribution in [0.2, 0.25) is 0 Å². The average molecular weight is 270 g/mol. The first-order valence-electron chi connectivity index (χ1n) is 7.61. The molecule has 1 aliphatic rings. The van der Waals surface area contributed by atoms with Crippen LogP contribution in [0.3, 0.4) is 0 Å². The summed E-state index contributed by atoms with van der Waals surface area (Å²) in [6, 6.07) is 8.11. The fourth-order valence-corrected chi connectivity index (χ4v) is 3.04. The highest BCUT2D eigenvalue weighted by atomic mass is 14.6. The Labute approximate surface area is 122 Å². The van der Waals surface area contributed by atoms with Gasteiger partial charge in [0.05, 0.1) is 5.71 Å². The quantitative estimate of drug-likeness (QED) is 0.785. The summed E-state index contributed by atoms with van der Waals surface area (Å²) in [7, 11) is 0. The maximum Gasteiger partial charge on any atom is 0.0658 e. The molecule has 0 bridgehead atoms. The number of aryl methyl sites for hydroxylation is 1. The lowest BCUT2D eigenvalue weighted by atomic mass is 9.80. The molecule has 1 aliphatic carbocycles. The summed E-state index contributed by atoms with van der Waals surface area (Å²) in [5.41, 5.74) is 11.0. The van der Waals surface area contributed by atoms with Crippen LogP contribution in [0.1, 0.15) is 50.7 Å². The minimum absolute atomic E-state index is 0.469. The first-order chi connectivity index (χ1) is 9.49. The van der Waals surface area contributed by atoms with Gasteiger partial charge in [-0.3, -0.25) is 5.41 Å². The molecule has 0 radical (unpaired) electrons. The Morgan fingerprint density at radius 3 is 2.45 bits per heavy atom. The Kier molecular flexibility index (Phi) is 4.64. The Bertz CT molecular complexity index is 520. The van der Waals surface area contributed by atoms with Gasteiger partial charge in [-0.25, -0.2) is 0 Å². The molecular weight excluding hydrogens is 244 g/mol. The van der Waals surface area contributed by atoms with Gasteiger partial charge in [0, 0.05) is 5.70 Å². The molecule has 1 aromatic rings. The van der Waals surface area contributed by atoms with E-state index < -0.39 is 0 Å². The highest BCUT2D eigenvalue weighted by molar-refractivity contribution is 6.10. The molecule has 20 heavy (non-hydrogen) atoms. The SMILES string of the molecule is C/C(C(=N)c1cccc(C)c1)=C(/N)C1CCC(C)CC1. The molecular formula is C18H26N2. The van der Waals surface area contributed by atoms with E-state index in [4.69, 9.17) is 11.1 Å². The molecule has 1 fully saturated rings. The van der Waals surface area contributed by atoms with Crippen molar-refractivity contribution in [3.8, 4) is 0 Å². The molecule has 0 amide bonds. The molecule has 0 aliphatic heterocycles. The number of benzene rings is 1. The second-order valence-electron chi connectivity index (χ2n) is 6.28. The van der Waals surface area contributed by atoms with Crippen LogP contribution < -0.4 is 5.73 Å². The Morgan fingerprint density at radius 1 is 1.20 bits per heavy atom. The van der Waals surface area contributed by atoms with Gasteiger partial charge in [-0.1, -0.05) is 43.5 Å². The van der Waals surface area contributed by atoms with E-state index in [0.29, 0.717) is 11.6 Å². The van der Waals surface area contributed by atoms with E-state index in [1.807, 2.05) is 19.1 Å². The topological polar surface area (TPSA) is 49.9 Å². The summed E-state index contributed by atoms with van der Waals surface area (Å²) in [6.07, 6.45) is 4.86. The molecule has 3 N–H and O–H groups in total. The van der Waals surface area contributed by atoms with Gasteiger partial charge in [-0.2, -0.15) is 0 Å². The van der Waals surface area contributed by atoms with Crippen molar-refractivity contribution >= 4 is 5.71 Å². The Balaban J connectivity index is 2.18. The van der Waals surface area contributed by atoms with Crippen molar-refractivity contribution < 1.29 is 0 Å². The fourth-order valence-electron chi connectivity index (χ4n) is 3.04. The molecule has 0 unspecified atom stereocenters. The average Bonchev–Trinajstić information content (AvgIpc) is 2.46. The summed E-state index contributed by atoms with van der Waals surface area (Å²) in [6.45, 7) is 6.37. The summed E-state index contributed by atoms with van der Waals surface area (Å²) in [5.74, 6) is 1.30. The van der Waals surface area contributed by atoms with E-state index in [1.165, 1.54) is 31.2 Å². The van der Waals surface area contributed by atoms with Crippen LogP contribution in [-0.4, -0.2) is 5.71 Å². The van der Waals surface area contributed by atoms with Gasteiger partial charge in [0.1, 0.15) is 0 Å². The molecule has 0 aromatic heterocycles. The third-order valence-electron chi connectivity index (χ3n) is 4.57. The minimum Gasteiger partial charge on any atom is -0.402 e. The van der Waals surface area contributed by atoms with Crippen LogP contribution >= 0.6 is 0 Å². The number of nitrogens with two attached hydrogens (primary N) is 1. The van der Waals surface area contributed by atoms with Gasteiger partial charge in [0.2, 0.25) is 0 Å². The van der Waals surface area contributed by atoms with Crippen molar-refractivity contribution in [1.29, 1.82) is 5.41 Å². The van der Waals surface area contributed by atoms with Crippen LogP contribution in [0.25, 0.3) is 0 Å². The third kappa shape index (κ3) is 3.30. The standard InChI is InChI=1S/C18H26N2/c1-12-7-9-15(10-8-12)17(19)14(3)18(20)16-6-4-5-13(2)11-16/h4-6,11-12,15,20H,7-10,19H2,1-3H3/b17-14-,20-18?. The highest BCUT2D eigenvalue weighted by Crippen LogP contribution is 2.32. The van der Waals surface area contributed by atoms with Crippen LogP contribution in [0.15, 0.2) is 35.5 Å². The highest BCUT2D eigenvalue weighted by Gasteiger charge is 2.22. The van der Waals surface area contributed by atoms with Gasteiger partial charge in [0.25, 0.3) is 0 Å². The second-order valence-corrected chi connectivity index (χ2v) is 6.28. The normalized spacial score (nSPS) is 24.1. The maximum atomic E-state index is 8.38. The lowest BCUT2D eigenvalue weighted by molar-refractivity contribution is 0.318. The first kappa shape index (κ1) is 14.8. The largest absolute Gasteiger partial charge is 0.402 e. The number of hydrogen-bond acceptors (Lipinski definition) is 2. The Morgan fingerprint density at radius 2 is 1.85 bits per heavy atom. The third-order valence-corrected chi connectivity index (χ3v) is 4.57. The summed E-state index contributed by atoms with van der Waals surface area (Å²) in [5, 5.41) is 8.38. The molecule has 108 valence electrons. The van der Waals surface area contributed by atoms with E-state index >= 15 is 0 Å². The van der Waals surface area contributed by atoms with Crippen LogP contribution in [0.4, 0.5) is 0 Å². The smallest absolute Gasteiger partial charge is 0.0658 e. The lowest BCUT2D eigenvalue weighted by Gasteiger charge is -2.27. The molecule has 2 rings (SSSR count). The summed E-state index contributed by atoms with van der Waals surface area (Å²) in [4.78, 5) is 0. The fraction of sp³-hybridized carbons (Fsp3) is 0.500. The van der Waals surface area contributed by atoms with Crippen molar-refractivity contribution in [2.75, 3.05) is 0 Å². The predicted octanol–water partition coefficient (Wildman–Crippen LogP) is 4.42. The minimum atomic E-state index is 0.469. The van der Waals surface area contributed by atoms with Gasteiger partial charge in [-0.05, 0) is 55.7 Å². The predicted molar refractivity (Wildman–Crippen MR) is 86.0 cm³/mol. The molecule has 2 heteroatoms. The zero-order valence-electron chi connectivity index (χ0n) is 12.9. The van der Waals surface area contributed by atoms with E-state index in [0.717, 1.165) is 22.8 Å². The van der Waals surface area contributed by atoms with Crippen molar-refractivity contribution in [2.45, 2.75) is 46.5 Å². The first-order valence-corrected chi connectivity index (χ1v) is 7.61. The molecule has 0 saturated heterocycles. The van der Waals surface area contributed by atoms with Crippen molar-refractivity contribution in [2.24, 2.45) is 17.6 Å². The van der Waals surface area contributed by atoms with Crippen molar-refractivity contribution in [3.63, 3.8) is 0 Å². The number of allylic oxidation sites excluding steroid dienone is 2. The monoisotopic (exact) mass is 270 g/mol. The zero-order chi connectivity index (χ0) is 14.7. The van der Waals surface area contributed by atoms with E-state index in [9.17, 15) is 0 Å². The summed E-state index contributed by atoms with van der Waals surface area (Å²) >= 11 is 0. The lowest BCUT2D eigenvalue weighted by Crippen LogP contribution is -2.22. The van der Waals surface area contributed by atoms with Gasteiger partial charge in [-0.15, -0.1) is 0 Å². The second kappa shape index (κ2) is 6.25. The molecule has 1 aromatic carbocycles. The molecule has 2 nitrogen and oxygen atoms in total. The van der Waals surface area contributed by atoms with Gasteiger partial charge < -0.3 is 5.73 Å². The number of nitrogens with one attached hydrogen (secondary N) is 1. The van der Waals surface area contributed by atoms with Crippen LogP contribution in [0.5, 0.6) is 0 Å². The van der Waals surface area contributed by atoms with Gasteiger partial charge >= 0.3 is 0 Å². The molecule has 0 spiro atoms. The Hall–Kier alpha value is -1.57. The molecule has 0 heterocycles. The number of rotatable bonds is 3. The van der Waals surface area contributed by atoms with Crippen LogP contribution in [0, 0.1) is 24.2 Å². The van der Waals surface area contributed by atoms with E-state index in [2.05, 4.69) is 26.0 Å². The van der Waals surface area contributed by atoms with E-state index in [-0.39, 0.29) is 0 Å². The van der Waals surface area contributed by atoms with Crippen molar-refractivity contribution in [1.82, 2.24) is 0 Å². The van der Waals surface area contributed by atoms with Crippen LogP contribution in [-0.2, 0) is 0 Å². The maximum absolute atomic E-state index is 8.38. The molecule has 0 atom stereocenters.